The number of nitrogens with zero attached hydrogens (tertiary/aromatic N) is 1. The van der Waals surface area contributed by atoms with Crippen LogP contribution in [0.15, 0.2) is 54.6 Å². The molecule has 0 heterocycles. The van der Waals surface area contributed by atoms with Crippen LogP contribution in [0.25, 0.3) is 0 Å². The molecule has 1 N–H and O–H groups in total. The highest BCUT2D eigenvalue weighted by Crippen LogP contribution is 2.40. The summed E-state index contributed by atoms with van der Waals surface area (Å²) in [6.07, 6.45) is 3.83. The maximum Gasteiger partial charge on any atom is 0.119 e. The van der Waals surface area contributed by atoms with Crippen molar-refractivity contribution in [3.63, 3.8) is 0 Å². The van der Waals surface area contributed by atoms with Crippen LogP contribution < -0.4 is 10.1 Å². The van der Waals surface area contributed by atoms with Crippen molar-refractivity contribution in [1.82, 2.24) is 5.32 Å². The quantitative estimate of drug-likeness (QED) is 0.898. The molecule has 0 amide bonds. The molecule has 3 rings (SSSR count). The van der Waals surface area contributed by atoms with Crippen molar-refractivity contribution in [2.24, 2.45) is 0 Å². The molecule has 1 aliphatic rings. The van der Waals surface area contributed by atoms with E-state index in [1.807, 2.05) is 24.3 Å². The van der Waals surface area contributed by atoms with Crippen molar-refractivity contribution in [1.29, 1.82) is 5.26 Å². The summed E-state index contributed by atoms with van der Waals surface area (Å²) in [4.78, 5) is 0. The molecule has 124 valence electrons. The van der Waals surface area contributed by atoms with Gasteiger partial charge in [-0.3, -0.25) is 0 Å². The maximum atomic E-state index is 9.84. The SMILES string of the molecule is COc1cccc([C@]2(C#N)CC[C@@H](NCc3ccccc3)CC2)c1. The van der Waals surface area contributed by atoms with Crippen LogP contribution in [0.3, 0.4) is 0 Å². The van der Waals surface area contributed by atoms with Crippen LogP contribution in [0, 0.1) is 11.3 Å². The first-order valence-corrected chi connectivity index (χ1v) is 8.59. The Morgan fingerprint density at radius 1 is 1.12 bits per heavy atom. The normalized spacial score (nSPS) is 23.4. The summed E-state index contributed by atoms with van der Waals surface area (Å²) < 4.78 is 5.32. The number of methoxy groups -OCH3 is 1. The number of hydrogen-bond acceptors (Lipinski definition) is 3. The van der Waals surface area contributed by atoms with E-state index < -0.39 is 0 Å². The minimum atomic E-state index is -0.376. The minimum absolute atomic E-state index is 0.376. The Morgan fingerprint density at radius 2 is 1.88 bits per heavy atom. The van der Waals surface area contributed by atoms with Gasteiger partial charge in [0.15, 0.2) is 0 Å². The van der Waals surface area contributed by atoms with E-state index in [2.05, 4.69) is 41.7 Å². The fraction of sp³-hybridized carbons (Fsp3) is 0.381. The molecule has 1 aliphatic carbocycles. The Balaban J connectivity index is 1.62. The largest absolute Gasteiger partial charge is 0.497 e. The fourth-order valence-corrected chi connectivity index (χ4v) is 3.56. The van der Waals surface area contributed by atoms with Crippen molar-refractivity contribution in [3.8, 4) is 11.8 Å². The van der Waals surface area contributed by atoms with E-state index in [-0.39, 0.29) is 5.41 Å². The van der Waals surface area contributed by atoms with Gasteiger partial charge >= 0.3 is 0 Å². The van der Waals surface area contributed by atoms with Gasteiger partial charge in [-0.15, -0.1) is 0 Å². The van der Waals surface area contributed by atoms with Crippen LogP contribution >= 0.6 is 0 Å². The number of hydrogen-bond donors (Lipinski definition) is 1. The highest BCUT2D eigenvalue weighted by atomic mass is 16.5. The van der Waals surface area contributed by atoms with Gasteiger partial charge in [-0.25, -0.2) is 0 Å². The molecular weight excluding hydrogens is 296 g/mol. The standard InChI is InChI=1S/C21H24N2O/c1-24-20-9-5-8-18(14-20)21(16-22)12-10-19(11-13-21)23-15-17-6-3-2-4-7-17/h2-9,14,19,23H,10-13,15H2,1H3/t19-,21-. The molecule has 0 spiro atoms. The van der Waals surface area contributed by atoms with Gasteiger partial charge in [-0.1, -0.05) is 42.5 Å². The summed E-state index contributed by atoms with van der Waals surface area (Å²) in [6.45, 7) is 0.893. The monoisotopic (exact) mass is 320 g/mol. The smallest absolute Gasteiger partial charge is 0.119 e. The third-order valence-corrected chi connectivity index (χ3v) is 5.11. The molecule has 0 aliphatic heterocycles. The molecule has 2 aromatic rings. The van der Waals surface area contributed by atoms with Crippen LogP contribution in [0.1, 0.15) is 36.8 Å². The second kappa shape index (κ2) is 7.51. The number of rotatable bonds is 5. The van der Waals surface area contributed by atoms with Crippen LogP contribution in [0.4, 0.5) is 0 Å². The van der Waals surface area contributed by atoms with Crippen molar-refractivity contribution in [3.05, 3.63) is 65.7 Å². The van der Waals surface area contributed by atoms with Gasteiger partial charge in [0.05, 0.1) is 18.6 Å². The zero-order chi connectivity index (χ0) is 16.8. The lowest BCUT2D eigenvalue weighted by Crippen LogP contribution is -2.38. The molecule has 0 radical (unpaired) electrons. The average Bonchev–Trinajstić information content (AvgIpc) is 2.67. The van der Waals surface area contributed by atoms with E-state index in [1.165, 1.54) is 5.56 Å². The molecule has 1 saturated carbocycles. The first-order chi connectivity index (χ1) is 11.8. The Hall–Kier alpha value is -2.31. The van der Waals surface area contributed by atoms with E-state index in [1.54, 1.807) is 7.11 Å². The van der Waals surface area contributed by atoms with Crippen LogP contribution in [-0.2, 0) is 12.0 Å². The van der Waals surface area contributed by atoms with E-state index >= 15 is 0 Å². The number of benzene rings is 2. The van der Waals surface area contributed by atoms with Crippen LogP contribution in [0.5, 0.6) is 5.75 Å². The fourth-order valence-electron chi connectivity index (χ4n) is 3.56. The lowest BCUT2D eigenvalue weighted by Gasteiger charge is -2.36. The Bertz CT molecular complexity index is 697. The van der Waals surface area contributed by atoms with Gasteiger partial charge in [0.1, 0.15) is 5.75 Å². The Kier molecular flexibility index (Phi) is 5.17. The highest BCUT2D eigenvalue weighted by molar-refractivity contribution is 5.38. The van der Waals surface area contributed by atoms with Gasteiger partial charge in [0.25, 0.3) is 0 Å². The van der Waals surface area contributed by atoms with Crippen LogP contribution in [0.2, 0.25) is 0 Å². The molecule has 0 aromatic heterocycles. The molecule has 0 bridgehead atoms. The zero-order valence-electron chi connectivity index (χ0n) is 14.2. The summed E-state index contributed by atoms with van der Waals surface area (Å²) in [5.74, 6) is 0.825. The Labute approximate surface area is 144 Å². The van der Waals surface area contributed by atoms with Gasteiger partial charge < -0.3 is 10.1 Å². The van der Waals surface area contributed by atoms with Crippen molar-refractivity contribution < 1.29 is 4.74 Å². The molecule has 3 heteroatoms. The molecule has 0 atom stereocenters. The van der Waals surface area contributed by atoms with Crippen LogP contribution in [-0.4, -0.2) is 13.2 Å². The van der Waals surface area contributed by atoms with Gasteiger partial charge in [-0.05, 0) is 48.9 Å². The minimum Gasteiger partial charge on any atom is -0.497 e. The lowest BCUT2D eigenvalue weighted by atomic mass is 9.69. The molecular formula is C21H24N2O. The summed E-state index contributed by atoms with van der Waals surface area (Å²) in [6, 6.07) is 21.5. The second-order valence-electron chi connectivity index (χ2n) is 6.57. The molecule has 3 nitrogen and oxygen atoms in total. The lowest BCUT2D eigenvalue weighted by molar-refractivity contribution is 0.294. The zero-order valence-corrected chi connectivity index (χ0v) is 14.2. The predicted molar refractivity (Wildman–Crippen MR) is 95.8 cm³/mol. The molecule has 0 unspecified atom stereocenters. The van der Waals surface area contributed by atoms with Crippen molar-refractivity contribution in [2.45, 2.75) is 43.7 Å². The summed E-state index contributed by atoms with van der Waals surface area (Å²) >= 11 is 0. The topological polar surface area (TPSA) is 45.0 Å². The average molecular weight is 320 g/mol. The molecule has 24 heavy (non-hydrogen) atoms. The van der Waals surface area contributed by atoms with Gasteiger partial charge in [0.2, 0.25) is 0 Å². The van der Waals surface area contributed by atoms with Gasteiger partial charge in [0, 0.05) is 12.6 Å². The van der Waals surface area contributed by atoms with E-state index in [0.717, 1.165) is 43.5 Å². The molecule has 2 aromatic carbocycles. The molecule has 1 fully saturated rings. The summed E-state index contributed by atoms with van der Waals surface area (Å²) in [5.41, 5.74) is 2.02. The predicted octanol–water partition coefficient (Wildman–Crippen LogP) is 4.19. The van der Waals surface area contributed by atoms with Crippen molar-refractivity contribution >= 4 is 0 Å². The second-order valence-corrected chi connectivity index (χ2v) is 6.57. The van der Waals surface area contributed by atoms with Crippen molar-refractivity contribution in [2.75, 3.05) is 7.11 Å². The van der Waals surface area contributed by atoms with E-state index in [4.69, 9.17) is 4.74 Å². The first kappa shape index (κ1) is 16.5. The number of ether oxygens (including phenoxy) is 1. The first-order valence-electron chi connectivity index (χ1n) is 8.59. The summed E-state index contributed by atoms with van der Waals surface area (Å²) in [7, 11) is 1.67. The van der Waals surface area contributed by atoms with E-state index in [0.29, 0.717) is 6.04 Å². The third-order valence-electron chi connectivity index (χ3n) is 5.11. The van der Waals surface area contributed by atoms with E-state index in [9.17, 15) is 5.26 Å². The number of nitrogens with one attached hydrogen (secondary N) is 1. The van der Waals surface area contributed by atoms with Gasteiger partial charge in [-0.2, -0.15) is 5.26 Å². The Morgan fingerprint density at radius 3 is 2.54 bits per heavy atom. The maximum absolute atomic E-state index is 9.84. The molecule has 0 saturated heterocycles. The highest BCUT2D eigenvalue weighted by Gasteiger charge is 2.37. The summed E-state index contributed by atoms with van der Waals surface area (Å²) in [5, 5.41) is 13.5. The number of nitriles is 1. The third kappa shape index (κ3) is 3.60.